The van der Waals surface area contributed by atoms with Gasteiger partial charge in [-0.25, -0.2) is 4.98 Å². The van der Waals surface area contributed by atoms with Gasteiger partial charge in [-0.1, -0.05) is 54.6 Å². The summed E-state index contributed by atoms with van der Waals surface area (Å²) in [5.41, 5.74) is 8.55. The van der Waals surface area contributed by atoms with E-state index in [0.717, 1.165) is 5.65 Å². The van der Waals surface area contributed by atoms with E-state index in [0.29, 0.717) is 0 Å². The highest BCUT2D eigenvalue weighted by molar-refractivity contribution is 7.26. The zero-order chi connectivity index (χ0) is 26.2. The van der Waals surface area contributed by atoms with Crippen molar-refractivity contribution in [2.45, 2.75) is 13.8 Å². The van der Waals surface area contributed by atoms with E-state index in [4.69, 9.17) is 4.98 Å². The summed E-state index contributed by atoms with van der Waals surface area (Å²) in [6.45, 7) is 4.49. The van der Waals surface area contributed by atoms with Gasteiger partial charge >= 0.3 is 0 Å². The smallest absolute Gasteiger partial charge is 0.230 e. The van der Waals surface area contributed by atoms with Crippen molar-refractivity contribution in [1.29, 1.82) is 0 Å². The molecule has 4 heterocycles. The van der Waals surface area contributed by atoms with Crippen molar-refractivity contribution in [2.75, 3.05) is 0 Å². The first-order valence-corrected chi connectivity index (χ1v) is 14.1. The molecule has 0 radical (unpaired) electrons. The number of hydrogen-bond acceptors (Lipinski definition) is 2. The van der Waals surface area contributed by atoms with E-state index in [1.165, 1.54) is 75.3 Å². The van der Waals surface area contributed by atoms with Crippen LogP contribution in [0, 0.1) is 13.8 Å². The van der Waals surface area contributed by atoms with Gasteiger partial charge in [-0.15, -0.1) is 11.3 Å². The Morgan fingerprint density at radius 3 is 2.28 bits per heavy atom. The maximum atomic E-state index is 4.85. The van der Waals surface area contributed by atoms with E-state index in [9.17, 15) is 0 Å². The third-order valence-electron chi connectivity index (χ3n) is 8.22. The van der Waals surface area contributed by atoms with E-state index >= 15 is 0 Å². The van der Waals surface area contributed by atoms with Crippen molar-refractivity contribution < 1.29 is 4.57 Å². The van der Waals surface area contributed by atoms with E-state index in [-0.39, 0.29) is 0 Å². The Morgan fingerprint density at radius 1 is 0.692 bits per heavy atom. The molecule has 0 amide bonds. The number of pyridine rings is 2. The average molecular weight is 521 g/mol. The molecule has 39 heavy (non-hydrogen) atoms. The van der Waals surface area contributed by atoms with E-state index < -0.39 is 0 Å². The lowest BCUT2D eigenvalue weighted by molar-refractivity contribution is -0.659. The maximum Gasteiger partial charge on any atom is 0.230 e. The van der Waals surface area contributed by atoms with Crippen molar-refractivity contribution in [3.8, 4) is 16.9 Å². The number of para-hydroxylation sites is 1. The molecule has 0 aliphatic rings. The van der Waals surface area contributed by atoms with Crippen molar-refractivity contribution in [1.82, 2.24) is 9.55 Å². The highest BCUT2D eigenvalue weighted by Crippen LogP contribution is 2.44. The fourth-order valence-corrected chi connectivity index (χ4v) is 7.76. The standard InChI is InChI=1S/C35H26N3S/c1-21-20-29(22(2)24-11-5-4-10-23(21)24)32-34-27(17-19-37(32)3)26-13-8-16-31(33(26)39-34)38-30-15-7-6-12-25(30)28-14-9-18-36-35(28)38/h4-20H,1-3H3/q+1. The van der Waals surface area contributed by atoms with Gasteiger partial charge in [0.1, 0.15) is 17.4 Å². The molecule has 0 unspecified atom stereocenters. The van der Waals surface area contributed by atoms with Crippen LogP contribution in [0.5, 0.6) is 0 Å². The minimum Gasteiger partial charge on any atom is -0.292 e. The number of thiophene rings is 1. The van der Waals surface area contributed by atoms with Crippen LogP contribution >= 0.6 is 11.3 Å². The van der Waals surface area contributed by atoms with Crippen molar-refractivity contribution in [3.63, 3.8) is 0 Å². The van der Waals surface area contributed by atoms with Crippen molar-refractivity contribution in [2.24, 2.45) is 7.05 Å². The molecule has 8 aromatic rings. The lowest BCUT2D eigenvalue weighted by Crippen LogP contribution is -2.30. The lowest BCUT2D eigenvalue weighted by atomic mass is 9.93. The molecule has 0 N–H and O–H groups in total. The molecule has 0 aliphatic heterocycles. The van der Waals surface area contributed by atoms with Crippen LogP contribution in [0.2, 0.25) is 0 Å². The maximum absolute atomic E-state index is 4.85. The fourth-order valence-electron chi connectivity index (χ4n) is 6.36. The largest absolute Gasteiger partial charge is 0.292 e. The van der Waals surface area contributed by atoms with Gasteiger partial charge in [0.2, 0.25) is 5.69 Å². The Hall–Kier alpha value is -4.54. The van der Waals surface area contributed by atoms with Crippen LogP contribution in [0.25, 0.3) is 69.8 Å². The second kappa shape index (κ2) is 8.23. The first-order valence-electron chi connectivity index (χ1n) is 13.3. The first-order chi connectivity index (χ1) is 19.1. The number of benzene rings is 4. The van der Waals surface area contributed by atoms with Gasteiger partial charge in [0.15, 0.2) is 6.20 Å². The summed E-state index contributed by atoms with van der Waals surface area (Å²) < 4.78 is 7.22. The molecular weight excluding hydrogens is 494 g/mol. The minimum absolute atomic E-state index is 0.996. The van der Waals surface area contributed by atoms with Crippen LogP contribution in [0.4, 0.5) is 0 Å². The molecule has 0 fully saturated rings. The Balaban J connectivity index is 1.49. The molecule has 0 bridgehead atoms. The summed E-state index contributed by atoms with van der Waals surface area (Å²) in [5, 5.41) is 7.64. The monoisotopic (exact) mass is 520 g/mol. The number of aromatic nitrogens is 3. The summed E-state index contributed by atoms with van der Waals surface area (Å²) in [5.74, 6) is 0. The van der Waals surface area contributed by atoms with Crippen LogP contribution in [0.3, 0.4) is 0 Å². The lowest BCUT2D eigenvalue weighted by Gasteiger charge is -2.11. The molecule has 0 spiro atoms. The van der Waals surface area contributed by atoms with Gasteiger partial charge in [0, 0.05) is 33.8 Å². The molecule has 0 aliphatic carbocycles. The van der Waals surface area contributed by atoms with Gasteiger partial charge in [-0.3, -0.25) is 4.57 Å². The van der Waals surface area contributed by atoms with Crippen LogP contribution in [0.15, 0.2) is 103 Å². The predicted molar refractivity (Wildman–Crippen MR) is 165 cm³/mol. The Bertz CT molecular complexity index is 2220. The quantitative estimate of drug-likeness (QED) is 0.209. The number of aryl methyl sites for hydroxylation is 3. The van der Waals surface area contributed by atoms with Gasteiger partial charge in [0.25, 0.3) is 0 Å². The SMILES string of the molecule is Cc1cc(-c2c3sc4c(-n5c6ccccc6c6cccnc65)cccc4c3cc[n+]2C)c(C)c2ccccc12. The number of rotatable bonds is 2. The summed E-state index contributed by atoms with van der Waals surface area (Å²) in [6, 6.07) is 32.9. The normalized spacial score (nSPS) is 12.0. The van der Waals surface area contributed by atoms with Crippen LogP contribution < -0.4 is 4.57 Å². The third-order valence-corrected chi connectivity index (χ3v) is 9.47. The second-order valence-corrected chi connectivity index (χ2v) is 11.4. The van der Waals surface area contributed by atoms with Gasteiger partial charge < -0.3 is 0 Å². The summed E-state index contributed by atoms with van der Waals surface area (Å²) in [6.07, 6.45) is 4.11. The Labute approximate surface area is 230 Å². The van der Waals surface area contributed by atoms with Gasteiger partial charge in [-0.2, -0.15) is 4.57 Å². The molecule has 3 nitrogen and oxygen atoms in total. The van der Waals surface area contributed by atoms with Crippen LogP contribution in [-0.2, 0) is 7.05 Å². The van der Waals surface area contributed by atoms with E-state index in [2.05, 4.69) is 121 Å². The fraction of sp³-hybridized carbons (Fsp3) is 0.0857. The predicted octanol–water partition coefficient (Wildman–Crippen LogP) is 8.81. The van der Waals surface area contributed by atoms with Crippen molar-refractivity contribution in [3.05, 3.63) is 115 Å². The van der Waals surface area contributed by atoms with Gasteiger partial charge in [-0.05, 0) is 66.1 Å². The first kappa shape index (κ1) is 22.4. The Kier molecular flexibility index (Phi) is 4.73. The highest BCUT2D eigenvalue weighted by atomic mass is 32.1. The zero-order valence-electron chi connectivity index (χ0n) is 22.1. The molecule has 0 atom stereocenters. The second-order valence-electron chi connectivity index (χ2n) is 10.4. The van der Waals surface area contributed by atoms with E-state index in [1.807, 2.05) is 23.6 Å². The third kappa shape index (κ3) is 3.09. The average Bonchev–Trinajstić information content (AvgIpc) is 3.51. The zero-order valence-corrected chi connectivity index (χ0v) is 22.9. The Morgan fingerprint density at radius 2 is 1.41 bits per heavy atom. The summed E-state index contributed by atoms with van der Waals surface area (Å²) in [7, 11) is 2.17. The van der Waals surface area contributed by atoms with Crippen LogP contribution in [0.1, 0.15) is 11.1 Å². The van der Waals surface area contributed by atoms with Crippen LogP contribution in [-0.4, -0.2) is 9.55 Å². The molecule has 4 aromatic heterocycles. The number of nitrogens with zero attached hydrogens (tertiary/aromatic N) is 3. The molecule has 186 valence electrons. The minimum atomic E-state index is 0.996. The van der Waals surface area contributed by atoms with E-state index in [1.54, 1.807) is 0 Å². The molecule has 4 heteroatoms. The topological polar surface area (TPSA) is 21.7 Å². The summed E-state index contributed by atoms with van der Waals surface area (Å²) in [4.78, 5) is 4.85. The molecular formula is C35H26N3S+. The molecule has 4 aromatic carbocycles. The molecule has 0 saturated heterocycles. The van der Waals surface area contributed by atoms with Crippen molar-refractivity contribution >= 4 is 64.2 Å². The summed E-state index contributed by atoms with van der Waals surface area (Å²) >= 11 is 1.89. The number of fused-ring (bicyclic) bond motifs is 7. The highest BCUT2D eigenvalue weighted by Gasteiger charge is 2.24. The van der Waals surface area contributed by atoms with Gasteiger partial charge in [0.05, 0.1) is 21.5 Å². The molecule has 0 saturated carbocycles. The number of hydrogen-bond donors (Lipinski definition) is 0. The molecule has 8 rings (SSSR count).